The summed E-state index contributed by atoms with van der Waals surface area (Å²) in [5.41, 5.74) is 3.28. The number of rotatable bonds is 6. The number of carbonyl (C=O) groups is 1. The summed E-state index contributed by atoms with van der Waals surface area (Å²) in [7, 11) is 1.61. The standard InChI is InChI=1S/C25H25F2N3O4/c1-25(2,12-33-3)23-22(14-7-21(24(31)32)34-11-14)16-9-19-13(10-28-29-19)6-20(16)30(23)15-4-5-17(26)18(27)8-15/h4-6,8-10,14,21H,7,11-12H2,1-3H3,(H,28,29)(H,31,32)/t14-,21+/m0/s1. The zero-order chi connectivity index (χ0) is 24.2. The zero-order valence-electron chi connectivity index (χ0n) is 19.1. The Hall–Kier alpha value is -3.30. The highest BCUT2D eigenvalue weighted by Crippen LogP contribution is 2.45. The van der Waals surface area contributed by atoms with Gasteiger partial charge in [0.05, 0.1) is 30.4 Å². The Kier molecular flexibility index (Phi) is 5.41. The number of hydrogen-bond donors (Lipinski definition) is 2. The van der Waals surface area contributed by atoms with Crippen LogP contribution in [0.3, 0.4) is 0 Å². The van der Waals surface area contributed by atoms with Crippen LogP contribution in [0.1, 0.15) is 37.4 Å². The minimum Gasteiger partial charge on any atom is -0.479 e. The number of halogens is 2. The Morgan fingerprint density at radius 1 is 1.29 bits per heavy atom. The van der Waals surface area contributed by atoms with Crippen molar-refractivity contribution in [2.24, 2.45) is 0 Å². The normalized spacial score (nSPS) is 18.9. The van der Waals surface area contributed by atoms with Crippen molar-refractivity contribution in [2.45, 2.75) is 37.7 Å². The number of aliphatic carboxylic acids is 1. The van der Waals surface area contributed by atoms with Gasteiger partial charge in [0.1, 0.15) is 0 Å². The summed E-state index contributed by atoms with van der Waals surface area (Å²) < 4.78 is 41.3. The Morgan fingerprint density at radius 2 is 2.09 bits per heavy atom. The van der Waals surface area contributed by atoms with Gasteiger partial charge in [-0.3, -0.25) is 5.10 Å². The van der Waals surface area contributed by atoms with Crippen LogP contribution in [0, 0.1) is 11.6 Å². The molecule has 0 saturated carbocycles. The molecule has 0 radical (unpaired) electrons. The minimum absolute atomic E-state index is 0.207. The molecule has 2 aromatic carbocycles. The lowest BCUT2D eigenvalue weighted by atomic mass is 9.82. The van der Waals surface area contributed by atoms with Gasteiger partial charge in [0.25, 0.3) is 0 Å². The molecule has 1 fully saturated rings. The maximum Gasteiger partial charge on any atom is 0.332 e. The number of carboxylic acids is 1. The molecule has 34 heavy (non-hydrogen) atoms. The monoisotopic (exact) mass is 469 g/mol. The van der Waals surface area contributed by atoms with Crippen molar-refractivity contribution >= 4 is 27.8 Å². The van der Waals surface area contributed by atoms with Crippen molar-refractivity contribution in [1.29, 1.82) is 0 Å². The van der Waals surface area contributed by atoms with Crippen LogP contribution < -0.4 is 0 Å². The van der Waals surface area contributed by atoms with E-state index in [1.807, 2.05) is 30.5 Å². The number of H-pyrrole nitrogens is 1. The molecule has 1 aliphatic rings. The van der Waals surface area contributed by atoms with E-state index in [1.54, 1.807) is 19.4 Å². The summed E-state index contributed by atoms with van der Waals surface area (Å²) in [5, 5.41) is 18.4. The van der Waals surface area contributed by atoms with E-state index in [1.165, 1.54) is 6.07 Å². The molecule has 178 valence electrons. The van der Waals surface area contributed by atoms with E-state index < -0.39 is 29.1 Å². The summed E-state index contributed by atoms with van der Waals surface area (Å²) >= 11 is 0. The molecule has 9 heteroatoms. The fraction of sp³-hybridized carbons (Fsp3) is 0.360. The lowest BCUT2D eigenvalue weighted by Crippen LogP contribution is -2.29. The van der Waals surface area contributed by atoms with E-state index in [0.717, 1.165) is 39.1 Å². The lowest BCUT2D eigenvalue weighted by molar-refractivity contribution is -0.147. The average Bonchev–Trinajstić information content (AvgIpc) is 3.50. The van der Waals surface area contributed by atoms with Gasteiger partial charge in [0, 0.05) is 46.7 Å². The van der Waals surface area contributed by atoms with Crippen LogP contribution in [-0.2, 0) is 19.7 Å². The van der Waals surface area contributed by atoms with Crippen LogP contribution in [0.2, 0.25) is 0 Å². The SMILES string of the molecule is COCC(C)(C)c1c([C@@H]2CO[C@@H](C(=O)O)C2)c2cc3[nH]ncc3cc2n1-c1ccc(F)c(F)c1. The molecule has 0 spiro atoms. The molecule has 0 aliphatic carbocycles. The van der Waals surface area contributed by atoms with Crippen molar-refractivity contribution in [1.82, 2.24) is 14.8 Å². The zero-order valence-corrected chi connectivity index (χ0v) is 19.1. The lowest BCUT2D eigenvalue weighted by Gasteiger charge is -2.29. The number of fused-ring (bicyclic) bond motifs is 2. The van der Waals surface area contributed by atoms with Crippen molar-refractivity contribution < 1.29 is 28.2 Å². The van der Waals surface area contributed by atoms with E-state index in [-0.39, 0.29) is 12.5 Å². The molecule has 3 heterocycles. The smallest absolute Gasteiger partial charge is 0.332 e. The molecule has 0 bridgehead atoms. The molecule has 2 atom stereocenters. The first kappa shape index (κ1) is 22.5. The number of ether oxygens (including phenoxy) is 2. The second kappa shape index (κ2) is 8.18. The molecule has 1 saturated heterocycles. The summed E-state index contributed by atoms with van der Waals surface area (Å²) in [6.45, 7) is 4.63. The Labute approximate surface area is 194 Å². The van der Waals surface area contributed by atoms with Crippen LogP contribution in [0.4, 0.5) is 8.78 Å². The second-order valence-corrected chi connectivity index (χ2v) is 9.43. The molecule has 2 N–H and O–H groups in total. The van der Waals surface area contributed by atoms with Crippen LogP contribution in [0.15, 0.2) is 36.5 Å². The quantitative estimate of drug-likeness (QED) is 0.429. The number of nitrogens with one attached hydrogen (secondary N) is 1. The molecule has 7 nitrogen and oxygen atoms in total. The van der Waals surface area contributed by atoms with E-state index >= 15 is 0 Å². The maximum atomic E-state index is 14.4. The van der Waals surface area contributed by atoms with Crippen molar-refractivity contribution in [3.8, 4) is 5.69 Å². The fourth-order valence-corrected chi connectivity index (χ4v) is 5.15. The van der Waals surface area contributed by atoms with Gasteiger partial charge in [-0.15, -0.1) is 0 Å². The maximum absolute atomic E-state index is 14.4. The highest BCUT2D eigenvalue weighted by molar-refractivity contribution is 5.99. The number of benzene rings is 2. The minimum atomic E-state index is -1.000. The van der Waals surface area contributed by atoms with Gasteiger partial charge in [-0.25, -0.2) is 13.6 Å². The molecular weight excluding hydrogens is 444 g/mol. The first-order valence-electron chi connectivity index (χ1n) is 11.0. The third-order valence-corrected chi connectivity index (χ3v) is 6.55. The molecule has 0 amide bonds. The molecule has 4 aromatic rings. The molecule has 1 aliphatic heterocycles. The number of carboxylic acid groups (broad SMARTS) is 1. The molecule has 5 rings (SSSR count). The van der Waals surface area contributed by atoms with E-state index in [4.69, 9.17) is 9.47 Å². The van der Waals surface area contributed by atoms with E-state index in [9.17, 15) is 18.7 Å². The second-order valence-electron chi connectivity index (χ2n) is 9.43. The topological polar surface area (TPSA) is 89.4 Å². The van der Waals surface area contributed by atoms with E-state index in [2.05, 4.69) is 10.2 Å². The van der Waals surface area contributed by atoms with Crippen molar-refractivity contribution in [3.63, 3.8) is 0 Å². The first-order chi connectivity index (χ1) is 16.2. The van der Waals surface area contributed by atoms with Crippen LogP contribution in [0.25, 0.3) is 27.5 Å². The van der Waals surface area contributed by atoms with Gasteiger partial charge in [-0.2, -0.15) is 5.10 Å². The third-order valence-electron chi connectivity index (χ3n) is 6.55. The Bertz CT molecular complexity index is 1410. The van der Waals surface area contributed by atoms with Gasteiger partial charge in [-0.1, -0.05) is 13.8 Å². The van der Waals surface area contributed by atoms with Crippen LogP contribution >= 0.6 is 0 Å². The summed E-state index contributed by atoms with van der Waals surface area (Å²) in [4.78, 5) is 11.6. The predicted octanol–water partition coefficient (Wildman–Crippen LogP) is 4.67. The number of hydrogen-bond acceptors (Lipinski definition) is 4. The predicted molar refractivity (Wildman–Crippen MR) is 122 cm³/mol. The average molecular weight is 469 g/mol. The Morgan fingerprint density at radius 3 is 2.76 bits per heavy atom. The number of methoxy groups -OCH3 is 1. The molecule has 0 unspecified atom stereocenters. The summed E-state index contributed by atoms with van der Waals surface area (Å²) in [6, 6.07) is 7.76. The largest absolute Gasteiger partial charge is 0.479 e. The number of nitrogens with zero attached hydrogens (tertiary/aromatic N) is 2. The number of aromatic nitrogens is 3. The van der Waals surface area contributed by atoms with Crippen LogP contribution in [-0.4, -0.2) is 52.3 Å². The van der Waals surface area contributed by atoms with Gasteiger partial charge >= 0.3 is 5.97 Å². The highest BCUT2D eigenvalue weighted by Gasteiger charge is 2.39. The Balaban J connectivity index is 1.88. The van der Waals surface area contributed by atoms with Gasteiger partial charge in [0.15, 0.2) is 17.7 Å². The van der Waals surface area contributed by atoms with Gasteiger partial charge in [-0.05, 0) is 36.2 Å². The number of aromatic amines is 1. The fourth-order valence-electron chi connectivity index (χ4n) is 5.15. The van der Waals surface area contributed by atoms with Crippen molar-refractivity contribution in [2.75, 3.05) is 20.3 Å². The first-order valence-corrected chi connectivity index (χ1v) is 11.0. The highest BCUT2D eigenvalue weighted by atomic mass is 19.2. The van der Waals surface area contributed by atoms with E-state index in [0.29, 0.717) is 18.7 Å². The molecule has 2 aromatic heterocycles. The van der Waals surface area contributed by atoms with Crippen molar-refractivity contribution in [3.05, 3.63) is 59.4 Å². The summed E-state index contributed by atoms with van der Waals surface area (Å²) in [5.74, 6) is -3.08. The third kappa shape index (κ3) is 3.56. The van der Waals surface area contributed by atoms with Gasteiger partial charge in [0.2, 0.25) is 0 Å². The molecular formula is C25H25F2N3O4. The van der Waals surface area contributed by atoms with Crippen LogP contribution in [0.5, 0.6) is 0 Å². The summed E-state index contributed by atoms with van der Waals surface area (Å²) in [6.07, 6.45) is 1.11. The van der Waals surface area contributed by atoms with Gasteiger partial charge < -0.3 is 19.1 Å².